The molecule has 18 heavy (non-hydrogen) atoms. The quantitative estimate of drug-likeness (QED) is 0.773. The van der Waals surface area contributed by atoms with E-state index in [0.29, 0.717) is 10.2 Å². The van der Waals surface area contributed by atoms with Crippen LogP contribution in [0.15, 0.2) is 42.6 Å². The first-order chi connectivity index (χ1) is 8.63. The van der Waals surface area contributed by atoms with Crippen LogP contribution >= 0.6 is 12.2 Å². The summed E-state index contributed by atoms with van der Waals surface area (Å²) >= 11 is 5.29. The molecule has 0 aliphatic carbocycles. The van der Waals surface area contributed by atoms with E-state index in [2.05, 4.69) is 6.07 Å². The minimum Gasteiger partial charge on any atom is -0.378 e. The van der Waals surface area contributed by atoms with Crippen LogP contribution in [-0.2, 0) is 0 Å². The fraction of sp³-hybridized carbons (Fsp3) is 0.143. The van der Waals surface area contributed by atoms with Crippen LogP contribution in [0.5, 0.6) is 0 Å². The van der Waals surface area contributed by atoms with Crippen molar-refractivity contribution in [2.24, 2.45) is 0 Å². The van der Waals surface area contributed by atoms with Gasteiger partial charge < -0.3 is 9.47 Å². The van der Waals surface area contributed by atoms with Gasteiger partial charge in [0.15, 0.2) is 0 Å². The summed E-state index contributed by atoms with van der Waals surface area (Å²) < 4.78 is 2.38. The molecule has 0 saturated heterocycles. The van der Waals surface area contributed by atoms with Crippen molar-refractivity contribution in [1.82, 2.24) is 4.57 Å². The maximum Gasteiger partial charge on any atom is 0.128 e. The molecule has 0 fully saturated rings. The van der Waals surface area contributed by atoms with Crippen molar-refractivity contribution in [2.75, 3.05) is 19.0 Å². The van der Waals surface area contributed by atoms with Gasteiger partial charge in [-0.15, -0.1) is 0 Å². The second kappa shape index (κ2) is 5.03. The summed E-state index contributed by atoms with van der Waals surface area (Å²) in [6.45, 7) is 0. The van der Waals surface area contributed by atoms with Crippen LogP contribution in [-0.4, -0.2) is 18.7 Å². The van der Waals surface area contributed by atoms with Crippen LogP contribution < -0.4 is 4.90 Å². The van der Waals surface area contributed by atoms with E-state index in [0.717, 1.165) is 11.4 Å². The zero-order valence-corrected chi connectivity index (χ0v) is 11.1. The minimum absolute atomic E-state index is 0.518. The van der Waals surface area contributed by atoms with Crippen LogP contribution in [0.4, 0.5) is 5.69 Å². The van der Waals surface area contributed by atoms with E-state index >= 15 is 0 Å². The van der Waals surface area contributed by atoms with Gasteiger partial charge in [-0.25, -0.2) is 0 Å². The molecule has 0 aliphatic heterocycles. The molecule has 0 atom stereocenters. The summed E-state index contributed by atoms with van der Waals surface area (Å²) in [5, 5.41) is 8.97. The molecule has 2 aromatic rings. The molecule has 0 bridgehead atoms. The first-order valence-electron chi connectivity index (χ1n) is 5.53. The number of pyridine rings is 1. The molecule has 0 saturated carbocycles. The van der Waals surface area contributed by atoms with E-state index in [-0.39, 0.29) is 0 Å². The average molecular weight is 255 g/mol. The predicted molar refractivity (Wildman–Crippen MR) is 75.6 cm³/mol. The molecule has 2 rings (SSSR count). The van der Waals surface area contributed by atoms with E-state index in [1.165, 1.54) is 0 Å². The highest BCUT2D eigenvalue weighted by molar-refractivity contribution is 7.71. The lowest BCUT2D eigenvalue weighted by Crippen LogP contribution is -2.08. The second-order valence-electron chi connectivity index (χ2n) is 4.12. The van der Waals surface area contributed by atoms with Gasteiger partial charge in [-0.1, -0.05) is 12.2 Å². The Bertz CT molecular complexity index is 648. The lowest BCUT2D eigenvalue weighted by Gasteiger charge is -2.13. The third-order valence-electron chi connectivity index (χ3n) is 2.71. The molecule has 1 aromatic carbocycles. The van der Waals surface area contributed by atoms with Gasteiger partial charge in [0.1, 0.15) is 10.7 Å². The molecule has 1 aromatic heterocycles. The van der Waals surface area contributed by atoms with Gasteiger partial charge in [0.2, 0.25) is 0 Å². The highest BCUT2D eigenvalue weighted by Crippen LogP contribution is 2.16. The number of hydrogen-bond acceptors (Lipinski definition) is 3. The zero-order valence-electron chi connectivity index (χ0n) is 10.3. The van der Waals surface area contributed by atoms with Gasteiger partial charge in [0.05, 0.1) is 5.56 Å². The molecular weight excluding hydrogens is 242 g/mol. The largest absolute Gasteiger partial charge is 0.378 e. The molecule has 0 amide bonds. The fourth-order valence-corrected chi connectivity index (χ4v) is 1.97. The first kappa shape index (κ1) is 12.3. The smallest absolute Gasteiger partial charge is 0.128 e. The molecule has 0 radical (unpaired) electrons. The number of benzene rings is 1. The van der Waals surface area contributed by atoms with Gasteiger partial charge in [-0.05, 0) is 36.4 Å². The molecule has 3 nitrogen and oxygen atoms in total. The van der Waals surface area contributed by atoms with Crippen molar-refractivity contribution in [1.29, 1.82) is 5.26 Å². The normalized spacial score (nSPS) is 9.83. The van der Waals surface area contributed by atoms with Gasteiger partial charge in [0.25, 0.3) is 0 Å². The van der Waals surface area contributed by atoms with Crippen molar-refractivity contribution < 1.29 is 0 Å². The topological polar surface area (TPSA) is 32.0 Å². The second-order valence-corrected chi connectivity index (χ2v) is 4.51. The predicted octanol–water partition coefficient (Wildman–Crippen LogP) is 3.14. The molecular formula is C14H13N3S. The van der Waals surface area contributed by atoms with Crippen molar-refractivity contribution in [3.05, 3.63) is 52.8 Å². The summed E-state index contributed by atoms with van der Waals surface area (Å²) in [7, 11) is 3.99. The van der Waals surface area contributed by atoms with E-state index in [9.17, 15) is 0 Å². The zero-order chi connectivity index (χ0) is 13.1. The number of nitrogens with zero attached hydrogens (tertiary/aromatic N) is 3. The molecule has 4 heteroatoms. The Morgan fingerprint density at radius 2 is 1.83 bits per heavy atom. The minimum atomic E-state index is 0.518. The first-order valence-corrected chi connectivity index (χ1v) is 5.94. The molecule has 0 N–H and O–H groups in total. The maximum atomic E-state index is 8.97. The van der Waals surface area contributed by atoms with Crippen LogP contribution in [0, 0.1) is 16.0 Å². The average Bonchev–Trinajstić information content (AvgIpc) is 2.39. The number of anilines is 1. The standard InChI is InChI=1S/C14H13N3S/c1-16(2)12-5-7-13(8-6-12)17-9-3-4-11(10-15)14(17)18/h3-9H,1-2H3. The third-order valence-corrected chi connectivity index (χ3v) is 3.13. The van der Waals surface area contributed by atoms with Crippen LogP contribution in [0.1, 0.15) is 5.56 Å². The maximum absolute atomic E-state index is 8.97. The highest BCUT2D eigenvalue weighted by Gasteiger charge is 2.01. The highest BCUT2D eigenvalue weighted by atomic mass is 32.1. The van der Waals surface area contributed by atoms with Crippen molar-refractivity contribution in [2.45, 2.75) is 0 Å². The number of hydrogen-bond donors (Lipinski definition) is 0. The Morgan fingerprint density at radius 1 is 1.17 bits per heavy atom. The monoisotopic (exact) mass is 255 g/mol. The lowest BCUT2D eigenvalue weighted by atomic mass is 10.2. The van der Waals surface area contributed by atoms with Crippen LogP contribution in [0.2, 0.25) is 0 Å². The summed E-state index contributed by atoms with van der Waals surface area (Å²) in [4.78, 5) is 2.04. The molecule has 0 unspecified atom stereocenters. The molecule has 0 aliphatic rings. The third kappa shape index (κ3) is 2.27. The lowest BCUT2D eigenvalue weighted by molar-refractivity contribution is 1.02. The van der Waals surface area contributed by atoms with E-state index in [1.54, 1.807) is 6.07 Å². The number of nitriles is 1. The SMILES string of the molecule is CN(C)c1ccc(-n2cccc(C#N)c2=S)cc1. The van der Waals surface area contributed by atoms with Gasteiger partial charge in [0, 0.05) is 31.7 Å². The molecule has 90 valence electrons. The summed E-state index contributed by atoms with van der Waals surface area (Å²) in [6.07, 6.45) is 1.87. The Hall–Kier alpha value is -2.12. The molecule has 0 spiro atoms. The van der Waals surface area contributed by atoms with E-state index < -0.39 is 0 Å². The Kier molecular flexibility index (Phi) is 3.45. The summed E-state index contributed by atoms with van der Waals surface area (Å²) in [6, 6.07) is 13.7. The Balaban J connectivity index is 2.50. The molecule has 1 heterocycles. The van der Waals surface area contributed by atoms with Crippen molar-refractivity contribution >= 4 is 17.9 Å². The number of aromatic nitrogens is 1. The van der Waals surface area contributed by atoms with E-state index in [4.69, 9.17) is 17.5 Å². The van der Waals surface area contributed by atoms with Crippen LogP contribution in [0.25, 0.3) is 5.69 Å². The van der Waals surface area contributed by atoms with Gasteiger partial charge >= 0.3 is 0 Å². The fourth-order valence-electron chi connectivity index (χ4n) is 1.69. The summed E-state index contributed by atoms with van der Waals surface area (Å²) in [5.41, 5.74) is 2.61. The van der Waals surface area contributed by atoms with Gasteiger partial charge in [-0.3, -0.25) is 0 Å². The number of rotatable bonds is 2. The Morgan fingerprint density at radius 3 is 2.39 bits per heavy atom. The van der Waals surface area contributed by atoms with E-state index in [1.807, 2.05) is 60.1 Å². The Labute approximate surface area is 112 Å². The van der Waals surface area contributed by atoms with Crippen molar-refractivity contribution in [3.63, 3.8) is 0 Å². The van der Waals surface area contributed by atoms with Crippen LogP contribution in [0.3, 0.4) is 0 Å². The van der Waals surface area contributed by atoms with Gasteiger partial charge in [-0.2, -0.15) is 5.26 Å². The van der Waals surface area contributed by atoms with Crippen molar-refractivity contribution in [3.8, 4) is 11.8 Å². The summed E-state index contributed by atoms with van der Waals surface area (Å²) in [5.74, 6) is 0.